The minimum absolute atomic E-state index is 0.0928. The van der Waals surface area contributed by atoms with E-state index in [9.17, 15) is 10.1 Å². The van der Waals surface area contributed by atoms with Crippen LogP contribution >= 0.6 is 0 Å². The largest absolute Gasteiger partial charge is 0.382 e. The number of nitrogens with zero attached hydrogens (tertiary/aromatic N) is 4. The van der Waals surface area contributed by atoms with Crippen LogP contribution in [-0.4, -0.2) is 32.5 Å². The van der Waals surface area contributed by atoms with Crippen molar-refractivity contribution in [2.45, 2.75) is 44.6 Å². The Kier molecular flexibility index (Phi) is 7.29. The summed E-state index contributed by atoms with van der Waals surface area (Å²) >= 11 is 0. The molecule has 0 radical (unpaired) electrons. The van der Waals surface area contributed by atoms with E-state index in [4.69, 9.17) is 5.73 Å². The third kappa shape index (κ3) is 6.15. The molecule has 0 spiro atoms. The molecule has 9 nitrogen and oxygen atoms in total. The predicted molar refractivity (Wildman–Crippen MR) is 129 cm³/mol. The summed E-state index contributed by atoms with van der Waals surface area (Å²) in [5.41, 5.74) is 8.27. The number of aromatic nitrogens is 3. The predicted octanol–water partition coefficient (Wildman–Crippen LogP) is 4.23. The second-order valence-electron chi connectivity index (χ2n) is 8.41. The van der Waals surface area contributed by atoms with Crippen LogP contribution in [0.5, 0.6) is 0 Å². The molecule has 2 aromatic heterocycles. The minimum Gasteiger partial charge on any atom is -0.382 e. The zero-order valence-electron chi connectivity index (χ0n) is 18.5. The van der Waals surface area contributed by atoms with Gasteiger partial charge in [-0.15, -0.1) is 0 Å². The summed E-state index contributed by atoms with van der Waals surface area (Å²) in [7, 11) is 0. The molecular formula is C24H29N7O2. The van der Waals surface area contributed by atoms with Gasteiger partial charge < -0.3 is 16.4 Å². The Hall–Kier alpha value is -3.75. The topological polar surface area (TPSA) is 132 Å². The number of anilines is 3. The van der Waals surface area contributed by atoms with Crippen molar-refractivity contribution in [1.29, 1.82) is 0 Å². The highest BCUT2D eigenvalue weighted by Gasteiger charge is 2.28. The molecule has 1 aromatic carbocycles. The molecule has 0 aliphatic heterocycles. The molecule has 1 aliphatic carbocycles. The van der Waals surface area contributed by atoms with Gasteiger partial charge in [0.05, 0.1) is 4.92 Å². The molecule has 0 atom stereocenters. The fourth-order valence-corrected chi connectivity index (χ4v) is 4.34. The first kappa shape index (κ1) is 22.4. The summed E-state index contributed by atoms with van der Waals surface area (Å²) in [6.07, 6.45) is 6.96. The smallest absolute Gasteiger partial charge is 0.332 e. The summed E-state index contributed by atoms with van der Waals surface area (Å²) in [6.45, 7) is 0.559. The lowest BCUT2D eigenvalue weighted by Crippen LogP contribution is -2.27. The number of hydrogen-bond acceptors (Lipinski definition) is 8. The summed E-state index contributed by atoms with van der Waals surface area (Å²) in [5, 5.41) is 18.4. The van der Waals surface area contributed by atoms with Gasteiger partial charge in [0.1, 0.15) is 5.69 Å². The number of nitrogen functional groups attached to an aromatic ring is 1. The van der Waals surface area contributed by atoms with Gasteiger partial charge in [-0.05, 0) is 62.3 Å². The van der Waals surface area contributed by atoms with E-state index in [2.05, 4.69) is 37.7 Å². The third-order valence-electron chi connectivity index (χ3n) is 6.03. The number of nitrogens with one attached hydrogen (secondary N) is 2. The van der Waals surface area contributed by atoms with Gasteiger partial charge in [0.25, 0.3) is 0 Å². The zero-order chi connectivity index (χ0) is 23.0. The van der Waals surface area contributed by atoms with E-state index in [0.29, 0.717) is 43.0 Å². The number of nitrogens with two attached hydrogens (primary N) is 1. The van der Waals surface area contributed by atoms with Crippen LogP contribution in [0.1, 0.15) is 37.1 Å². The maximum absolute atomic E-state index is 11.7. The van der Waals surface area contributed by atoms with Crippen molar-refractivity contribution in [2.75, 3.05) is 22.9 Å². The third-order valence-corrected chi connectivity index (χ3v) is 6.03. The summed E-state index contributed by atoms with van der Waals surface area (Å²) in [4.78, 5) is 24.1. The molecule has 0 unspecified atom stereocenters. The molecule has 4 N–H and O–H groups in total. The van der Waals surface area contributed by atoms with E-state index in [-0.39, 0.29) is 11.5 Å². The van der Waals surface area contributed by atoms with Gasteiger partial charge in [0.15, 0.2) is 0 Å². The number of para-hydroxylation sites is 1. The molecule has 9 heteroatoms. The van der Waals surface area contributed by atoms with Gasteiger partial charge in [0.2, 0.25) is 11.8 Å². The molecule has 0 bridgehead atoms. The van der Waals surface area contributed by atoms with Crippen molar-refractivity contribution in [1.82, 2.24) is 15.0 Å². The van der Waals surface area contributed by atoms with Crippen molar-refractivity contribution < 1.29 is 4.92 Å². The Morgan fingerprint density at radius 1 is 1.03 bits per heavy atom. The average molecular weight is 448 g/mol. The SMILES string of the molecule is Nc1nc(NCCc2ccccn2)nc(CC2CCC(Nc3ccccc3)CC2)c1[N+](=O)[O-]. The molecule has 1 aliphatic rings. The first-order chi connectivity index (χ1) is 16.1. The highest BCUT2D eigenvalue weighted by molar-refractivity contribution is 5.58. The molecule has 3 aromatic rings. The van der Waals surface area contributed by atoms with Crippen LogP contribution in [0, 0.1) is 16.0 Å². The van der Waals surface area contributed by atoms with Crippen LogP contribution in [-0.2, 0) is 12.8 Å². The van der Waals surface area contributed by atoms with Gasteiger partial charge in [-0.3, -0.25) is 15.1 Å². The van der Waals surface area contributed by atoms with Crippen molar-refractivity contribution >= 4 is 23.1 Å². The number of pyridine rings is 1. The number of nitro groups is 1. The summed E-state index contributed by atoms with van der Waals surface area (Å²) < 4.78 is 0. The van der Waals surface area contributed by atoms with E-state index in [1.165, 1.54) is 0 Å². The van der Waals surface area contributed by atoms with Gasteiger partial charge in [-0.2, -0.15) is 4.98 Å². The molecule has 0 saturated heterocycles. The first-order valence-corrected chi connectivity index (χ1v) is 11.3. The van der Waals surface area contributed by atoms with Crippen molar-refractivity contribution in [3.8, 4) is 0 Å². The second-order valence-corrected chi connectivity index (χ2v) is 8.41. The van der Waals surface area contributed by atoms with Crippen LogP contribution in [0.3, 0.4) is 0 Å². The fourth-order valence-electron chi connectivity index (χ4n) is 4.34. The maximum atomic E-state index is 11.7. The van der Waals surface area contributed by atoms with Gasteiger partial charge in [-0.1, -0.05) is 24.3 Å². The van der Waals surface area contributed by atoms with Gasteiger partial charge in [-0.25, -0.2) is 4.98 Å². The van der Waals surface area contributed by atoms with Crippen LogP contribution in [0.4, 0.5) is 23.1 Å². The van der Waals surface area contributed by atoms with E-state index < -0.39 is 4.92 Å². The summed E-state index contributed by atoms with van der Waals surface area (Å²) in [5.74, 6) is 0.557. The van der Waals surface area contributed by atoms with Crippen molar-refractivity contribution in [3.05, 3.63) is 76.2 Å². The van der Waals surface area contributed by atoms with Crippen LogP contribution in [0.15, 0.2) is 54.7 Å². The van der Waals surface area contributed by atoms with E-state index in [1.807, 2.05) is 36.4 Å². The molecule has 172 valence electrons. The maximum Gasteiger partial charge on any atom is 0.332 e. The highest BCUT2D eigenvalue weighted by Crippen LogP contribution is 2.33. The number of rotatable bonds is 9. The monoisotopic (exact) mass is 447 g/mol. The fraction of sp³-hybridized carbons (Fsp3) is 0.375. The van der Waals surface area contributed by atoms with Crippen molar-refractivity contribution in [3.63, 3.8) is 0 Å². The highest BCUT2D eigenvalue weighted by atomic mass is 16.6. The lowest BCUT2D eigenvalue weighted by Gasteiger charge is -2.29. The molecule has 33 heavy (non-hydrogen) atoms. The quantitative estimate of drug-likeness (QED) is 0.328. The lowest BCUT2D eigenvalue weighted by molar-refractivity contribution is -0.385. The van der Waals surface area contributed by atoms with Crippen LogP contribution in [0.2, 0.25) is 0 Å². The molecule has 4 rings (SSSR count). The number of benzene rings is 1. The number of hydrogen-bond donors (Lipinski definition) is 3. The van der Waals surface area contributed by atoms with Gasteiger partial charge >= 0.3 is 5.69 Å². The Bertz CT molecular complexity index is 1060. The first-order valence-electron chi connectivity index (χ1n) is 11.3. The summed E-state index contributed by atoms with van der Waals surface area (Å²) in [6, 6.07) is 16.4. The molecule has 1 saturated carbocycles. The second kappa shape index (κ2) is 10.7. The molecule has 0 amide bonds. The molecule has 1 fully saturated rings. The Morgan fingerprint density at radius 3 is 2.48 bits per heavy atom. The van der Waals surface area contributed by atoms with Crippen LogP contribution in [0.25, 0.3) is 0 Å². The van der Waals surface area contributed by atoms with Crippen LogP contribution < -0.4 is 16.4 Å². The Morgan fingerprint density at radius 2 is 1.79 bits per heavy atom. The van der Waals surface area contributed by atoms with E-state index in [0.717, 1.165) is 37.1 Å². The standard InChI is InChI=1S/C24H29N7O2/c25-23-22(31(32)33)21(29-24(30-23)27-15-13-18-6-4-5-14-26-18)16-17-9-11-20(12-10-17)28-19-7-2-1-3-8-19/h1-8,14,17,20,28H,9-13,15-16H2,(H3,25,27,29,30). The van der Waals surface area contributed by atoms with Gasteiger partial charge in [0, 0.05) is 36.6 Å². The normalized spacial score (nSPS) is 17.9. The molecule has 2 heterocycles. The Labute approximate surface area is 193 Å². The van der Waals surface area contributed by atoms with E-state index in [1.54, 1.807) is 6.20 Å². The van der Waals surface area contributed by atoms with Crippen molar-refractivity contribution in [2.24, 2.45) is 5.92 Å². The average Bonchev–Trinajstić information content (AvgIpc) is 2.81. The zero-order valence-corrected chi connectivity index (χ0v) is 18.5. The lowest BCUT2D eigenvalue weighted by atomic mass is 9.83. The van der Waals surface area contributed by atoms with E-state index >= 15 is 0 Å². The minimum atomic E-state index is -0.467. The molecular weight excluding hydrogens is 418 g/mol. The Balaban J connectivity index is 1.38.